The van der Waals surface area contributed by atoms with Crippen LogP contribution in [0.25, 0.3) is 0 Å². The van der Waals surface area contributed by atoms with Crippen molar-refractivity contribution in [1.29, 1.82) is 0 Å². The monoisotopic (exact) mass is 263 g/mol. The molecule has 19 heavy (non-hydrogen) atoms. The second-order valence-corrected chi connectivity index (χ2v) is 4.84. The van der Waals surface area contributed by atoms with Gasteiger partial charge in [-0.15, -0.1) is 0 Å². The minimum absolute atomic E-state index is 0.275. The molecule has 1 N–H and O–H groups in total. The number of rotatable bonds is 5. The molecule has 1 heterocycles. The average Bonchev–Trinajstić information content (AvgIpc) is 2.48. The van der Waals surface area contributed by atoms with E-state index in [2.05, 4.69) is 5.32 Å². The van der Waals surface area contributed by atoms with Crippen molar-refractivity contribution < 1.29 is 14.3 Å². The van der Waals surface area contributed by atoms with Gasteiger partial charge in [-0.25, -0.2) is 4.79 Å². The van der Waals surface area contributed by atoms with Crippen molar-refractivity contribution in [3.8, 4) is 0 Å². The molecule has 1 aliphatic heterocycles. The summed E-state index contributed by atoms with van der Waals surface area (Å²) in [5, 5.41) is 3.43. The zero-order valence-electron chi connectivity index (χ0n) is 11.4. The summed E-state index contributed by atoms with van der Waals surface area (Å²) in [5.41, 5.74) is 1.63. The number of ether oxygens (including phenoxy) is 2. The molecule has 0 atom stereocenters. The molecule has 0 unspecified atom stereocenters. The second kappa shape index (κ2) is 7.26. The van der Waals surface area contributed by atoms with Crippen molar-refractivity contribution in [2.24, 2.45) is 5.92 Å². The first kappa shape index (κ1) is 14.0. The van der Waals surface area contributed by atoms with Gasteiger partial charge in [0.1, 0.15) is 0 Å². The standard InChI is InChI=1S/C15H21NO3/c1-18-15(17)14-5-3-2-4-13(14)11-16-10-12-6-8-19-9-7-12/h2-5,12,16H,6-11H2,1H3. The smallest absolute Gasteiger partial charge is 0.338 e. The molecule has 1 fully saturated rings. The zero-order chi connectivity index (χ0) is 13.5. The molecule has 1 aromatic rings. The van der Waals surface area contributed by atoms with Gasteiger partial charge in [0.2, 0.25) is 0 Å². The Labute approximate surface area is 114 Å². The molecule has 0 saturated carbocycles. The molecule has 0 amide bonds. The lowest BCUT2D eigenvalue weighted by Crippen LogP contribution is -2.28. The highest BCUT2D eigenvalue weighted by molar-refractivity contribution is 5.90. The number of carbonyl (C=O) groups excluding carboxylic acids is 1. The van der Waals surface area contributed by atoms with Gasteiger partial charge in [0, 0.05) is 19.8 Å². The number of methoxy groups -OCH3 is 1. The number of hydrogen-bond acceptors (Lipinski definition) is 4. The lowest BCUT2D eigenvalue weighted by molar-refractivity contribution is 0.0599. The Hall–Kier alpha value is -1.39. The van der Waals surface area contributed by atoms with Crippen LogP contribution in [0.1, 0.15) is 28.8 Å². The van der Waals surface area contributed by atoms with Gasteiger partial charge in [-0.05, 0) is 36.9 Å². The fourth-order valence-corrected chi connectivity index (χ4v) is 2.35. The lowest BCUT2D eigenvalue weighted by atomic mass is 10.00. The molecular formula is C15H21NO3. The van der Waals surface area contributed by atoms with E-state index in [1.807, 2.05) is 18.2 Å². The Morgan fingerprint density at radius 3 is 2.84 bits per heavy atom. The Kier molecular flexibility index (Phi) is 5.36. The summed E-state index contributed by atoms with van der Waals surface area (Å²) in [4.78, 5) is 11.6. The maximum Gasteiger partial charge on any atom is 0.338 e. The summed E-state index contributed by atoms with van der Waals surface area (Å²) in [7, 11) is 1.41. The van der Waals surface area contributed by atoms with E-state index >= 15 is 0 Å². The molecule has 0 aromatic heterocycles. The summed E-state index contributed by atoms with van der Waals surface area (Å²) in [6.07, 6.45) is 2.23. The number of carbonyl (C=O) groups is 1. The van der Waals surface area contributed by atoms with Crippen molar-refractivity contribution in [3.63, 3.8) is 0 Å². The average molecular weight is 263 g/mol. The van der Waals surface area contributed by atoms with Crippen molar-refractivity contribution in [3.05, 3.63) is 35.4 Å². The van der Waals surface area contributed by atoms with Crippen LogP contribution >= 0.6 is 0 Å². The quantitative estimate of drug-likeness (QED) is 0.825. The molecule has 104 valence electrons. The van der Waals surface area contributed by atoms with Crippen LogP contribution in [0, 0.1) is 5.92 Å². The maximum atomic E-state index is 11.6. The summed E-state index contributed by atoms with van der Waals surface area (Å²) in [6, 6.07) is 7.56. The minimum atomic E-state index is -0.275. The molecule has 2 rings (SSSR count). The van der Waals surface area contributed by atoms with E-state index in [4.69, 9.17) is 9.47 Å². The maximum absolute atomic E-state index is 11.6. The van der Waals surface area contributed by atoms with Gasteiger partial charge in [0.15, 0.2) is 0 Å². The highest BCUT2D eigenvalue weighted by Crippen LogP contribution is 2.14. The molecule has 0 bridgehead atoms. The third kappa shape index (κ3) is 4.04. The third-order valence-electron chi connectivity index (χ3n) is 3.51. The first-order valence-electron chi connectivity index (χ1n) is 6.76. The Morgan fingerprint density at radius 1 is 1.37 bits per heavy atom. The second-order valence-electron chi connectivity index (χ2n) is 4.84. The molecule has 1 aliphatic rings. The van der Waals surface area contributed by atoms with Crippen molar-refractivity contribution >= 4 is 5.97 Å². The van der Waals surface area contributed by atoms with E-state index in [0.717, 1.165) is 38.2 Å². The summed E-state index contributed by atoms with van der Waals surface area (Å²) in [5.74, 6) is 0.405. The molecule has 1 aromatic carbocycles. The van der Waals surface area contributed by atoms with Crippen LogP contribution in [0.15, 0.2) is 24.3 Å². The number of esters is 1. The zero-order valence-corrected chi connectivity index (χ0v) is 11.4. The van der Waals surface area contributed by atoms with Crippen LogP contribution in [0.3, 0.4) is 0 Å². The largest absolute Gasteiger partial charge is 0.465 e. The fourth-order valence-electron chi connectivity index (χ4n) is 2.35. The Balaban J connectivity index is 1.86. The first-order chi connectivity index (χ1) is 9.31. The SMILES string of the molecule is COC(=O)c1ccccc1CNCC1CCOCC1. The summed E-state index contributed by atoms with van der Waals surface area (Å²) >= 11 is 0. The Morgan fingerprint density at radius 2 is 2.11 bits per heavy atom. The molecule has 1 saturated heterocycles. The van der Waals surface area contributed by atoms with Gasteiger partial charge < -0.3 is 14.8 Å². The van der Waals surface area contributed by atoms with Gasteiger partial charge in [0.05, 0.1) is 12.7 Å². The topological polar surface area (TPSA) is 47.6 Å². The van der Waals surface area contributed by atoms with E-state index in [-0.39, 0.29) is 5.97 Å². The predicted molar refractivity (Wildman–Crippen MR) is 73.0 cm³/mol. The first-order valence-corrected chi connectivity index (χ1v) is 6.76. The minimum Gasteiger partial charge on any atom is -0.465 e. The van der Waals surface area contributed by atoms with Gasteiger partial charge in [-0.3, -0.25) is 0 Å². The van der Waals surface area contributed by atoms with E-state index in [1.54, 1.807) is 6.07 Å². The van der Waals surface area contributed by atoms with Gasteiger partial charge in [-0.1, -0.05) is 18.2 Å². The summed E-state index contributed by atoms with van der Waals surface area (Å²) < 4.78 is 10.1. The Bertz CT molecular complexity index is 414. The van der Waals surface area contributed by atoms with Crippen molar-refractivity contribution in [1.82, 2.24) is 5.32 Å². The van der Waals surface area contributed by atoms with Crippen LogP contribution < -0.4 is 5.32 Å². The molecular weight excluding hydrogens is 242 g/mol. The molecule has 0 aliphatic carbocycles. The number of benzene rings is 1. The van der Waals surface area contributed by atoms with E-state index in [1.165, 1.54) is 7.11 Å². The highest BCUT2D eigenvalue weighted by Gasteiger charge is 2.14. The van der Waals surface area contributed by atoms with Crippen LogP contribution in [0.5, 0.6) is 0 Å². The molecule has 4 heteroatoms. The van der Waals surface area contributed by atoms with E-state index < -0.39 is 0 Å². The van der Waals surface area contributed by atoms with Crippen LogP contribution in [-0.4, -0.2) is 32.8 Å². The van der Waals surface area contributed by atoms with Gasteiger partial charge in [-0.2, -0.15) is 0 Å². The van der Waals surface area contributed by atoms with Gasteiger partial charge >= 0.3 is 5.97 Å². The van der Waals surface area contributed by atoms with Gasteiger partial charge in [0.25, 0.3) is 0 Å². The van der Waals surface area contributed by atoms with Crippen LogP contribution in [0.4, 0.5) is 0 Å². The van der Waals surface area contributed by atoms with Crippen LogP contribution in [0.2, 0.25) is 0 Å². The predicted octanol–water partition coefficient (Wildman–Crippen LogP) is 1.99. The molecule has 0 spiro atoms. The third-order valence-corrected chi connectivity index (χ3v) is 3.51. The van der Waals surface area contributed by atoms with Crippen LogP contribution in [-0.2, 0) is 16.0 Å². The number of hydrogen-bond donors (Lipinski definition) is 1. The highest BCUT2D eigenvalue weighted by atomic mass is 16.5. The van der Waals surface area contributed by atoms with E-state index in [0.29, 0.717) is 18.0 Å². The lowest BCUT2D eigenvalue weighted by Gasteiger charge is -2.22. The van der Waals surface area contributed by atoms with Crippen molar-refractivity contribution in [2.75, 3.05) is 26.9 Å². The fraction of sp³-hybridized carbons (Fsp3) is 0.533. The van der Waals surface area contributed by atoms with E-state index in [9.17, 15) is 4.79 Å². The summed E-state index contributed by atoms with van der Waals surface area (Å²) in [6.45, 7) is 3.40. The molecule has 4 nitrogen and oxygen atoms in total. The molecule has 0 radical (unpaired) electrons. The van der Waals surface area contributed by atoms with Crippen molar-refractivity contribution in [2.45, 2.75) is 19.4 Å². The normalized spacial score (nSPS) is 16.3. The number of nitrogens with one attached hydrogen (secondary N) is 1.